The smallest absolute Gasteiger partial charge is 0.357 e. The van der Waals surface area contributed by atoms with Crippen LogP contribution in [-0.4, -0.2) is 30.2 Å². The van der Waals surface area contributed by atoms with E-state index in [0.717, 1.165) is 9.88 Å². The average molecular weight is 294 g/mol. The van der Waals surface area contributed by atoms with E-state index in [1.807, 2.05) is 13.8 Å². The maximum absolute atomic E-state index is 12.0. The van der Waals surface area contributed by atoms with Crippen LogP contribution in [0, 0.1) is 6.92 Å². The molecule has 1 rings (SSSR count). The van der Waals surface area contributed by atoms with E-state index in [1.165, 1.54) is 11.3 Å². The number of aromatic nitrogens is 1. The van der Waals surface area contributed by atoms with Crippen LogP contribution in [0.25, 0.3) is 0 Å². The minimum absolute atomic E-state index is 0.188. The molecule has 0 saturated heterocycles. The largest absolute Gasteiger partial charge is 0.390 e. The maximum Gasteiger partial charge on any atom is 0.390 e. The Morgan fingerprint density at radius 1 is 1.42 bits per heavy atom. The van der Waals surface area contributed by atoms with E-state index in [2.05, 4.69) is 20.6 Å². The van der Waals surface area contributed by atoms with Crippen molar-refractivity contribution >= 4 is 17.3 Å². The third kappa shape index (κ3) is 7.00. The van der Waals surface area contributed by atoms with Crippen molar-refractivity contribution in [2.24, 2.45) is 4.99 Å². The predicted octanol–water partition coefficient (Wildman–Crippen LogP) is 2.46. The number of halogens is 3. The monoisotopic (exact) mass is 294 g/mol. The fourth-order valence-corrected chi connectivity index (χ4v) is 2.00. The molecule has 1 heterocycles. The summed E-state index contributed by atoms with van der Waals surface area (Å²) < 4.78 is 36.1. The molecule has 1 aromatic rings. The summed E-state index contributed by atoms with van der Waals surface area (Å²) in [4.78, 5) is 9.42. The Balaban J connectivity index is 2.46. The average Bonchev–Trinajstić information content (AvgIpc) is 2.70. The lowest BCUT2D eigenvalue weighted by atomic mass is 10.4. The molecule has 0 amide bonds. The van der Waals surface area contributed by atoms with Crippen molar-refractivity contribution in [2.45, 2.75) is 33.0 Å². The van der Waals surface area contributed by atoms with Crippen LogP contribution in [0.15, 0.2) is 11.2 Å². The molecular formula is C11H17F3N4S. The van der Waals surface area contributed by atoms with Crippen LogP contribution in [0.5, 0.6) is 0 Å². The second-order valence-corrected chi connectivity index (χ2v) is 5.17. The number of nitrogens with one attached hydrogen (secondary N) is 2. The number of nitrogens with zero attached hydrogens (tertiary/aromatic N) is 2. The van der Waals surface area contributed by atoms with Gasteiger partial charge in [0.2, 0.25) is 0 Å². The SMILES string of the molecule is CCNC(=NCc1ncc(C)s1)NCCC(F)(F)F. The van der Waals surface area contributed by atoms with Gasteiger partial charge in [0.25, 0.3) is 0 Å². The summed E-state index contributed by atoms with van der Waals surface area (Å²) in [5.41, 5.74) is 0. The predicted molar refractivity (Wildman–Crippen MR) is 70.3 cm³/mol. The van der Waals surface area contributed by atoms with Gasteiger partial charge in [0.05, 0.1) is 13.0 Å². The molecule has 0 fully saturated rings. The lowest BCUT2D eigenvalue weighted by Crippen LogP contribution is -2.38. The van der Waals surface area contributed by atoms with Gasteiger partial charge >= 0.3 is 6.18 Å². The third-order valence-electron chi connectivity index (χ3n) is 2.09. The van der Waals surface area contributed by atoms with Crippen LogP contribution in [0.1, 0.15) is 23.2 Å². The molecule has 0 aromatic carbocycles. The highest BCUT2D eigenvalue weighted by molar-refractivity contribution is 7.11. The Bertz CT molecular complexity index is 414. The molecule has 0 aliphatic rings. The van der Waals surface area contributed by atoms with E-state index in [-0.39, 0.29) is 6.54 Å². The Kier molecular flexibility index (Phi) is 6.07. The van der Waals surface area contributed by atoms with Crippen molar-refractivity contribution in [3.63, 3.8) is 0 Å². The van der Waals surface area contributed by atoms with Gasteiger partial charge in [-0.2, -0.15) is 13.2 Å². The van der Waals surface area contributed by atoms with Gasteiger partial charge in [-0.15, -0.1) is 11.3 Å². The standard InChI is InChI=1S/C11H17F3N4S/c1-3-15-10(16-5-4-11(12,13)14)18-7-9-17-6-8(2)19-9/h6H,3-5,7H2,1-2H3,(H2,15,16,18). The molecule has 0 spiro atoms. The first kappa shape index (κ1) is 15.7. The number of rotatable bonds is 5. The van der Waals surface area contributed by atoms with Crippen LogP contribution in [0.4, 0.5) is 13.2 Å². The second kappa shape index (κ2) is 7.32. The maximum atomic E-state index is 12.0. The van der Waals surface area contributed by atoms with E-state index in [1.54, 1.807) is 6.20 Å². The van der Waals surface area contributed by atoms with E-state index >= 15 is 0 Å². The zero-order valence-electron chi connectivity index (χ0n) is 10.8. The number of guanidine groups is 1. The van der Waals surface area contributed by atoms with E-state index in [4.69, 9.17) is 0 Å². The zero-order valence-corrected chi connectivity index (χ0v) is 11.7. The van der Waals surface area contributed by atoms with Crippen molar-refractivity contribution in [3.05, 3.63) is 16.1 Å². The molecule has 2 N–H and O–H groups in total. The first-order valence-electron chi connectivity index (χ1n) is 5.91. The third-order valence-corrected chi connectivity index (χ3v) is 2.98. The molecule has 1 aromatic heterocycles. The Morgan fingerprint density at radius 3 is 2.68 bits per heavy atom. The van der Waals surface area contributed by atoms with Crippen molar-refractivity contribution < 1.29 is 13.2 Å². The van der Waals surface area contributed by atoms with Gasteiger partial charge in [0, 0.05) is 24.2 Å². The number of hydrogen-bond acceptors (Lipinski definition) is 3. The molecule has 108 valence electrons. The van der Waals surface area contributed by atoms with Crippen LogP contribution in [-0.2, 0) is 6.54 Å². The summed E-state index contributed by atoms with van der Waals surface area (Å²) in [7, 11) is 0. The normalized spacial score (nSPS) is 12.6. The van der Waals surface area contributed by atoms with E-state index in [9.17, 15) is 13.2 Å². The first-order valence-corrected chi connectivity index (χ1v) is 6.72. The van der Waals surface area contributed by atoms with Gasteiger partial charge in [0.15, 0.2) is 5.96 Å². The van der Waals surface area contributed by atoms with Gasteiger partial charge in [-0.25, -0.2) is 9.98 Å². The quantitative estimate of drug-likeness (QED) is 0.648. The highest BCUT2D eigenvalue weighted by Crippen LogP contribution is 2.18. The number of alkyl halides is 3. The summed E-state index contributed by atoms with van der Waals surface area (Å²) in [6.07, 6.45) is -3.29. The molecule has 0 aliphatic heterocycles. The van der Waals surface area contributed by atoms with Gasteiger partial charge in [-0.3, -0.25) is 0 Å². The summed E-state index contributed by atoms with van der Waals surface area (Å²) in [5.74, 6) is 0.375. The fraction of sp³-hybridized carbons (Fsp3) is 0.636. The topological polar surface area (TPSA) is 49.3 Å². The lowest BCUT2D eigenvalue weighted by Gasteiger charge is -2.12. The molecule has 0 unspecified atom stereocenters. The molecule has 0 bridgehead atoms. The van der Waals surface area contributed by atoms with Gasteiger partial charge in [-0.05, 0) is 13.8 Å². The Hall–Kier alpha value is -1.31. The van der Waals surface area contributed by atoms with Crippen molar-refractivity contribution in [2.75, 3.05) is 13.1 Å². The molecule has 0 radical (unpaired) electrons. The van der Waals surface area contributed by atoms with Gasteiger partial charge in [-0.1, -0.05) is 0 Å². The first-order chi connectivity index (χ1) is 8.90. The number of aliphatic imine (C=N–C) groups is 1. The van der Waals surface area contributed by atoms with E-state index in [0.29, 0.717) is 19.0 Å². The molecule has 0 aliphatic carbocycles. The lowest BCUT2D eigenvalue weighted by molar-refractivity contribution is -0.132. The summed E-state index contributed by atoms with van der Waals surface area (Å²) in [6.45, 7) is 4.56. The van der Waals surface area contributed by atoms with Gasteiger partial charge in [0.1, 0.15) is 5.01 Å². The van der Waals surface area contributed by atoms with Crippen LogP contribution >= 0.6 is 11.3 Å². The molecule has 0 atom stereocenters. The number of thiazole rings is 1. The minimum atomic E-state index is -4.16. The Morgan fingerprint density at radius 2 is 2.16 bits per heavy atom. The number of aryl methyl sites for hydroxylation is 1. The van der Waals surface area contributed by atoms with Crippen LogP contribution in [0.3, 0.4) is 0 Å². The second-order valence-electron chi connectivity index (χ2n) is 3.85. The van der Waals surface area contributed by atoms with E-state index < -0.39 is 12.6 Å². The highest BCUT2D eigenvalue weighted by Gasteiger charge is 2.26. The van der Waals surface area contributed by atoms with Crippen molar-refractivity contribution in [1.82, 2.24) is 15.6 Å². The summed E-state index contributed by atoms with van der Waals surface area (Å²) in [6, 6.07) is 0. The zero-order chi connectivity index (χ0) is 14.3. The molecule has 4 nitrogen and oxygen atoms in total. The molecule has 19 heavy (non-hydrogen) atoms. The highest BCUT2D eigenvalue weighted by atomic mass is 32.1. The number of hydrogen-bond donors (Lipinski definition) is 2. The van der Waals surface area contributed by atoms with Gasteiger partial charge < -0.3 is 10.6 Å². The minimum Gasteiger partial charge on any atom is -0.357 e. The Labute approximate surface area is 114 Å². The molecular weight excluding hydrogens is 277 g/mol. The summed E-state index contributed by atoms with van der Waals surface area (Å²) >= 11 is 1.52. The van der Waals surface area contributed by atoms with Crippen LogP contribution < -0.4 is 10.6 Å². The van der Waals surface area contributed by atoms with Crippen molar-refractivity contribution in [1.29, 1.82) is 0 Å². The summed E-state index contributed by atoms with van der Waals surface area (Å²) in [5, 5.41) is 6.38. The molecule has 8 heteroatoms. The molecule has 0 saturated carbocycles. The van der Waals surface area contributed by atoms with Crippen molar-refractivity contribution in [3.8, 4) is 0 Å². The fourth-order valence-electron chi connectivity index (χ4n) is 1.29. The van der Waals surface area contributed by atoms with Crippen LogP contribution in [0.2, 0.25) is 0 Å².